The first-order valence-corrected chi connectivity index (χ1v) is 9.56. The smallest absolute Gasteiger partial charge is 0.248 e. The van der Waals surface area contributed by atoms with E-state index in [9.17, 15) is 4.79 Å². The van der Waals surface area contributed by atoms with Crippen LogP contribution in [0.15, 0.2) is 48.5 Å². The second kappa shape index (κ2) is 8.98. The van der Waals surface area contributed by atoms with E-state index in [0.29, 0.717) is 0 Å². The lowest BCUT2D eigenvalue weighted by atomic mass is 10.1. The van der Waals surface area contributed by atoms with Crippen LogP contribution in [-0.2, 0) is 11.3 Å². The van der Waals surface area contributed by atoms with Gasteiger partial charge in [-0.1, -0.05) is 35.9 Å². The Bertz CT molecular complexity index is 820. The summed E-state index contributed by atoms with van der Waals surface area (Å²) in [5, 5.41) is 2.98. The molecule has 0 aromatic heterocycles. The molecule has 2 aromatic carbocycles. The van der Waals surface area contributed by atoms with Gasteiger partial charge in [0.05, 0.1) is 0 Å². The van der Waals surface area contributed by atoms with Gasteiger partial charge in [0.2, 0.25) is 5.91 Å². The molecule has 3 rings (SSSR count). The van der Waals surface area contributed by atoms with Crippen molar-refractivity contribution in [3.05, 3.63) is 70.8 Å². The molecule has 1 aliphatic rings. The summed E-state index contributed by atoms with van der Waals surface area (Å²) in [7, 11) is 2.17. The summed E-state index contributed by atoms with van der Waals surface area (Å²) in [6.45, 7) is 9.46. The fraction of sp³-hybridized carbons (Fsp3) is 0.348. The molecule has 0 spiro atoms. The van der Waals surface area contributed by atoms with Crippen LogP contribution in [0, 0.1) is 13.8 Å². The molecule has 1 N–H and O–H groups in total. The lowest BCUT2D eigenvalue weighted by molar-refractivity contribution is -0.111. The maximum absolute atomic E-state index is 12.3. The summed E-state index contributed by atoms with van der Waals surface area (Å²) in [6.07, 6.45) is 3.48. The van der Waals surface area contributed by atoms with Crippen molar-refractivity contribution < 1.29 is 4.79 Å². The van der Waals surface area contributed by atoms with Crippen molar-refractivity contribution in [1.82, 2.24) is 9.80 Å². The van der Waals surface area contributed by atoms with E-state index in [2.05, 4.69) is 60.3 Å². The standard InChI is InChI=1S/C23H29N3O/c1-18-7-8-21(19(2)15-18)9-10-23(27)24-22-6-4-5-20(16-22)17-26-13-11-25(3)12-14-26/h4-10,15-16H,11-14,17H2,1-3H3,(H,24,27)/b10-9+. The third-order valence-corrected chi connectivity index (χ3v) is 5.04. The van der Waals surface area contributed by atoms with Gasteiger partial charge in [0, 0.05) is 44.5 Å². The molecule has 0 aliphatic carbocycles. The van der Waals surface area contributed by atoms with Gasteiger partial charge in [0.1, 0.15) is 0 Å². The predicted molar refractivity (Wildman–Crippen MR) is 113 cm³/mol. The normalized spacial score (nSPS) is 16.0. The highest BCUT2D eigenvalue weighted by molar-refractivity contribution is 6.02. The van der Waals surface area contributed by atoms with E-state index in [1.165, 1.54) is 16.7 Å². The summed E-state index contributed by atoms with van der Waals surface area (Å²) in [5.41, 5.74) is 5.55. The molecule has 27 heavy (non-hydrogen) atoms. The first-order chi connectivity index (χ1) is 13.0. The molecule has 1 fully saturated rings. The molecule has 0 radical (unpaired) electrons. The monoisotopic (exact) mass is 363 g/mol. The number of carbonyl (C=O) groups is 1. The van der Waals surface area contributed by atoms with Crippen LogP contribution in [0.4, 0.5) is 5.69 Å². The Morgan fingerprint density at radius 2 is 1.85 bits per heavy atom. The Labute approximate surface area is 162 Å². The number of anilines is 1. The van der Waals surface area contributed by atoms with Gasteiger partial charge in [-0.2, -0.15) is 0 Å². The molecular formula is C23H29N3O. The predicted octanol–water partition coefficient (Wildman–Crippen LogP) is 3.70. The van der Waals surface area contributed by atoms with Gasteiger partial charge in [0.15, 0.2) is 0 Å². The van der Waals surface area contributed by atoms with Crippen molar-refractivity contribution in [3.63, 3.8) is 0 Å². The Morgan fingerprint density at radius 1 is 1.07 bits per heavy atom. The zero-order chi connectivity index (χ0) is 19.2. The fourth-order valence-electron chi connectivity index (χ4n) is 3.37. The van der Waals surface area contributed by atoms with Crippen molar-refractivity contribution in [2.75, 3.05) is 38.5 Å². The van der Waals surface area contributed by atoms with Crippen LogP contribution in [0.1, 0.15) is 22.3 Å². The van der Waals surface area contributed by atoms with E-state index in [1.807, 2.05) is 24.3 Å². The molecular weight excluding hydrogens is 334 g/mol. The van der Waals surface area contributed by atoms with Gasteiger partial charge in [-0.05, 0) is 55.8 Å². The minimum atomic E-state index is -0.105. The lowest BCUT2D eigenvalue weighted by Crippen LogP contribution is -2.43. The second-order valence-corrected chi connectivity index (χ2v) is 7.46. The minimum absolute atomic E-state index is 0.105. The summed E-state index contributed by atoms with van der Waals surface area (Å²) >= 11 is 0. The SMILES string of the molecule is Cc1ccc(/C=C/C(=O)Nc2cccc(CN3CCN(C)CC3)c2)c(C)c1. The number of benzene rings is 2. The number of likely N-dealkylation sites (N-methyl/N-ethyl adjacent to an activating group) is 1. The zero-order valence-corrected chi connectivity index (χ0v) is 16.5. The maximum atomic E-state index is 12.3. The quantitative estimate of drug-likeness (QED) is 0.823. The van der Waals surface area contributed by atoms with Gasteiger partial charge in [-0.3, -0.25) is 9.69 Å². The average Bonchev–Trinajstić information content (AvgIpc) is 2.63. The summed E-state index contributed by atoms with van der Waals surface area (Å²) in [5.74, 6) is -0.105. The molecule has 0 unspecified atom stereocenters. The van der Waals surface area contributed by atoms with E-state index in [1.54, 1.807) is 6.08 Å². The van der Waals surface area contributed by atoms with Gasteiger partial charge >= 0.3 is 0 Å². The number of rotatable bonds is 5. The Morgan fingerprint density at radius 3 is 2.59 bits per heavy atom. The summed E-state index contributed by atoms with van der Waals surface area (Å²) < 4.78 is 0. The van der Waals surface area contributed by atoms with Crippen LogP contribution in [0.25, 0.3) is 6.08 Å². The van der Waals surface area contributed by atoms with Crippen molar-refractivity contribution in [1.29, 1.82) is 0 Å². The third-order valence-electron chi connectivity index (χ3n) is 5.04. The van der Waals surface area contributed by atoms with Crippen molar-refractivity contribution >= 4 is 17.7 Å². The molecule has 1 heterocycles. The molecule has 4 heteroatoms. The molecule has 142 valence electrons. The number of nitrogens with one attached hydrogen (secondary N) is 1. The van der Waals surface area contributed by atoms with Crippen LogP contribution in [0.3, 0.4) is 0 Å². The number of nitrogens with zero attached hydrogens (tertiary/aromatic N) is 2. The number of aryl methyl sites for hydroxylation is 2. The number of carbonyl (C=O) groups excluding carboxylic acids is 1. The number of hydrogen-bond donors (Lipinski definition) is 1. The first kappa shape index (κ1) is 19.3. The number of piperazine rings is 1. The molecule has 0 saturated carbocycles. The molecule has 0 bridgehead atoms. The van der Waals surface area contributed by atoms with E-state index in [-0.39, 0.29) is 5.91 Å². The lowest BCUT2D eigenvalue weighted by Gasteiger charge is -2.32. The topological polar surface area (TPSA) is 35.6 Å². The fourth-order valence-corrected chi connectivity index (χ4v) is 3.37. The second-order valence-electron chi connectivity index (χ2n) is 7.46. The number of amides is 1. The van der Waals surface area contributed by atoms with Crippen LogP contribution >= 0.6 is 0 Å². The van der Waals surface area contributed by atoms with Crippen molar-refractivity contribution in [3.8, 4) is 0 Å². The molecule has 2 aromatic rings. The third kappa shape index (κ3) is 5.78. The van der Waals surface area contributed by atoms with E-state index in [4.69, 9.17) is 0 Å². The maximum Gasteiger partial charge on any atom is 0.248 e. The zero-order valence-electron chi connectivity index (χ0n) is 16.5. The summed E-state index contributed by atoms with van der Waals surface area (Å²) in [4.78, 5) is 17.1. The van der Waals surface area contributed by atoms with Crippen LogP contribution in [0.2, 0.25) is 0 Å². The van der Waals surface area contributed by atoms with Crippen molar-refractivity contribution in [2.45, 2.75) is 20.4 Å². The van der Waals surface area contributed by atoms with E-state index in [0.717, 1.165) is 44.0 Å². The van der Waals surface area contributed by atoms with E-state index >= 15 is 0 Å². The highest BCUT2D eigenvalue weighted by Crippen LogP contribution is 2.15. The van der Waals surface area contributed by atoms with Gasteiger partial charge in [-0.25, -0.2) is 0 Å². The Balaban J connectivity index is 1.58. The van der Waals surface area contributed by atoms with Crippen LogP contribution in [-0.4, -0.2) is 48.9 Å². The van der Waals surface area contributed by atoms with Gasteiger partial charge < -0.3 is 10.2 Å². The van der Waals surface area contributed by atoms with Gasteiger partial charge in [0.25, 0.3) is 0 Å². The molecule has 1 amide bonds. The highest BCUT2D eigenvalue weighted by Gasteiger charge is 2.13. The molecule has 4 nitrogen and oxygen atoms in total. The van der Waals surface area contributed by atoms with Crippen LogP contribution < -0.4 is 5.32 Å². The Hall–Kier alpha value is -2.43. The number of hydrogen-bond acceptors (Lipinski definition) is 3. The minimum Gasteiger partial charge on any atom is -0.323 e. The molecule has 1 aliphatic heterocycles. The average molecular weight is 364 g/mol. The van der Waals surface area contributed by atoms with Crippen molar-refractivity contribution in [2.24, 2.45) is 0 Å². The first-order valence-electron chi connectivity index (χ1n) is 9.56. The van der Waals surface area contributed by atoms with Gasteiger partial charge in [-0.15, -0.1) is 0 Å². The molecule has 1 saturated heterocycles. The van der Waals surface area contributed by atoms with E-state index < -0.39 is 0 Å². The largest absolute Gasteiger partial charge is 0.323 e. The highest BCUT2D eigenvalue weighted by atomic mass is 16.1. The molecule has 0 atom stereocenters. The Kier molecular flexibility index (Phi) is 6.43. The summed E-state index contributed by atoms with van der Waals surface area (Å²) in [6, 6.07) is 14.4. The van der Waals surface area contributed by atoms with Crippen LogP contribution in [0.5, 0.6) is 0 Å².